The number of benzene rings is 6. The average molecular weight is 748 g/mol. The van der Waals surface area contributed by atoms with Gasteiger partial charge in [0.1, 0.15) is 0 Å². The molecule has 1 nitrogen and oxygen atoms in total. The molecule has 8 aromatic rings. The van der Waals surface area contributed by atoms with Gasteiger partial charge in [-0.3, -0.25) is 0 Å². The molecular weight excluding hydrogens is 695 g/mol. The Kier molecular flexibility index (Phi) is 12.2. The third-order valence-electron chi connectivity index (χ3n) is 11.5. The molecule has 56 heavy (non-hydrogen) atoms. The summed E-state index contributed by atoms with van der Waals surface area (Å²) < 4.78 is 2.61. The maximum Gasteiger partial charge on any atom is 0.0545 e. The van der Waals surface area contributed by atoms with E-state index in [-0.39, 0.29) is 0 Å². The summed E-state index contributed by atoms with van der Waals surface area (Å²) in [4.78, 5) is 3.78. The summed E-state index contributed by atoms with van der Waals surface area (Å²) in [6, 6.07) is 40.2. The van der Waals surface area contributed by atoms with Gasteiger partial charge in [-0.2, -0.15) is 0 Å². The van der Waals surface area contributed by atoms with E-state index in [9.17, 15) is 0 Å². The molecule has 2 heteroatoms. The number of hydrogen-bond donors (Lipinski definition) is 1. The number of aromatic nitrogens is 1. The van der Waals surface area contributed by atoms with Crippen LogP contribution in [0, 0.1) is 23.7 Å². The van der Waals surface area contributed by atoms with Gasteiger partial charge < -0.3 is 4.98 Å². The largest absolute Gasteiger partial charge is 0.354 e. The van der Waals surface area contributed by atoms with Gasteiger partial charge in [-0.05, 0) is 85.3 Å². The molecule has 0 fully saturated rings. The molecule has 0 amide bonds. The Morgan fingerprint density at radius 1 is 0.411 bits per heavy atom. The number of hydrogen-bond acceptors (Lipinski definition) is 1. The molecule has 0 bridgehead atoms. The number of aromatic amines is 1. The lowest BCUT2D eigenvalue weighted by molar-refractivity contribution is 0.607. The van der Waals surface area contributed by atoms with Gasteiger partial charge >= 0.3 is 0 Å². The summed E-state index contributed by atoms with van der Waals surface area (Å²) >= 11 is 1.87. The molecule has 0 radical (unpaired) electrons. The van der Waals surface area contributed by atoms with Crippen LogP contribution >= 0.6 is 11.3 Å². The second-order valence-corrected chi connectivity index (χ2v) is 16.7. The molecule has 2 heterocycles. The highest BCUT2D eigenvalue weighted by Gasteiger charge is 2.13. The Labute approximate surface area is 337 Å². The van der Waals surface area contributed by atoms with Crippen molar-refractivity contribution in [2.24, 2.45) is 0 Å². The first kappa shape index (κ1) is 37.6. The Balaban J connectivity index is 0.976. The zero-order chi connectivity index (χ0) is 38.1. The van der Waals surface area contributed by atoms with Crippen LogP contribution in [0.2, 0.25) is 0 Å². The molecule has 2 aromatic heterocycles. The van der Waals surface area contributed by atoms with Gasteiger partial charge in [0, 0.05) is 69.5 Å². The molecule has 0 saturated carbocycles. The maximum absolute atomic E-state index is 3.78. The molecule has 0 unspecified atom stereocenters. The summed E-state index contributed by atoms with van der Waals surface area (Å²) in [6.07, 6.45) is 18.3. The highest BCUT2D eigenvalue weighted by Crippen LogP contribution is 2.41. The van der Waals surface area contributed by atoms with Crippen LogP contribution in [0.3, 0.4) is 0 Å². The Morgan fingerprint density at radius 2 is 0.839 bits per heavy atom. The lowest BCUT2D eigenvalue weighted by atomic mass is 10.0. The van der Waals surface area contributed by atoms with Gasteiger partial charge in [0.2, 0.25) is 0 Å². The molecule has 0 aliphatic rings. The smallest absolute Gasteiger partial charge is 0.0545 e. The number of rotatable bonds is 14. The van der Waals surface area contributed by atoms with Crippen molar-refractivity contribution in [2.45, 2.75) is 104 Å². The van der Waals surface area contributed by atoms with Gasteiger partial charge in [-0.25, -0.2) is 0 Å². The second kappa shape index (κ2) is 18.1. The number of unbranched alkanes of at least 4 members (excludes halogenated alkanes) is 10. The van der Waals surface area contributed by atoms with E-state index in [2.05, 4.69) is 152 Å². The molecule has 6 aromatic carbocycles. The van der Waals surface area contributed by atoms with Crippen molar-refractivity contribution in [1.82, 2.24) is 4.98 Å². The van der Waals surface area contributed by atoms with Gasteiger partial charge in [-0.1, -0.05) is 162 Å². The van der Waals surface area contributed by atoms with E-state index >= 15 is 0 Å². The summed E-state index contributed by atoms with van der Waals surface area (Å²) in [6.45, 7) is 4.55. The number of aryl methyl sites for hydroxylation is 2. The van der Waals surface area contributed by atoms with Gasteiger partial charge in [0.25, 0.3) is 0 Å². The Morgan fingerprint density at radius 3 is 1.43 bits per heavy atom. The van der Waals surface area contributed by atoms with E-state index in [4.69, 9.17) is 0 Å². The number of thiophene rings is 1. The predicted octanol–water partition coefficient (Wildman–Crippen LogP) is 15.4. The van der Waals surface area contributed by atoms with Crippen LogP contribution in [-0.2, 0) is 12.8 Å². The van der Waals surface area contributed by atoms with E-state index in [1.807, 2.05) is 11.3 Å². The predicted molar refractivity (Wildman–Crippen MR) is 245 cm³/mol. The zero-order valence-corrected chi connectivity index (χ0v) is 34.0. The fourth-order valence-electron chi connectivity index (χ4n) is 8.19. The molecule has 0 saturated heterocycles. The van der Waals surface area contributed by atoms with Crippen LogP contribution in [0.15, 0.2) is 109 Å². The molecule has 1 N–H and O–H groups in total. The monoisotopic (exact) mass is 747 g/mol. The highest BCUT2D eigenvalue weighted by atomic mass is 32.1. The van der Waals surface area contributed by atoms with Crippen molar-refractivity contribution in [3.05, 3.63) is 143 Å². The van der Waals surface area contributed by atoms with E-state index < -0.39 is 0 Å². The topological polar surface area (TPSA) is 15.8 Å². The van der Waals surface area contributed by atoms with Crippen molar-refractivity contribution in [1.29, 1.82) is 0 Å². The SMILES string of the molecule is CCCCCCCCc1ccc(C#Cc2ccc3c(c2)[nH]c2c3ccc3c2ccc2c4ccc(C#Cc5ccc(CCCCCCCC)cc5)cc4sc23)cc1. The first-order valence-corrected chi connectivity index (χ1v) is 22.0. The Hall–Kier alpha value is -5.28. The molecule has 0 spiro atoms. The normalized spacial score (nSPS) is 11.4. The van der Waals surface area contributed by atoms with Crippen LogP contribution in [0.4, 0.5) is 0 Å². The highest BCUT2D eigenvalue weighted by molar-refractivity contribution is 7.26. The quantitative estimate of drug-likeness (QED) is 0.0842. The second-order valence-electron chi connectivity index (χ2n) is 15.7. The van der Waals surface area contributed by atoms with Crippen molar-refractivity contribution in [3.8, 4) is 23.7 Å². The third-order valence-corrected chi connectivity index (χ3v) is 12.7. The number of fused-ring (bicyclic) bond motifs is 9. The lowest BCUT2D eigenvalue weighted by Gasteiger charge is -2.02. The summed E-state index contributed by atoms with van der Waals surface area (Å²) in [5, 5.41) is 7.63. The van der Waals surface area contributed by atoms with Crippen molar-refractivity contribution in [2.75, 3.05) is 0 Å². The number of nitrogens with one attached hydrogen (secondary N) is 1. The van der Waals surface area contributed by atoms with E-state index in [1.54, 1.807) is 0 Å². The molecule has 8 rings (SSSR count). The summed E-state index contributed by atoms with van der Waals surface area (Å²) in [7, 11) is 0. The molecular formula is C54H53NS. The zero-order valence-electron chi connectivity index (χ0n) is 33.2. The molecule has 280 valence electrons. The van der Waals surface area contributed by atoms with Crippen LogP contribution < -0.4 is 0 Å². The third kappa shape index (κ3) is 8.73. The van der Waals surface area contributed by atoms with E-state index in [1.165, 1.54) is 135 Å². The fraction of sp³-hybridized carbons (Fsp3) is 0.296. The van der Waals surface area contributed by atoms with Crippen molar-refractivity contribution >= 4 is 64.1 Å². The van der Waals surface area contributed by atoms with Crippen molar-refractivity contribution < 1.29 is 0 Å². The fourth-order valence-corrected chi connectivity index (χ4v) is 9.46. The minimum Gasteiger partial charge on any atom is -0.354 e. The van der Waals surface area contributed by atoms with Crippen LogP contribution in [0.1, 0.15) is 124 Å². The summed E-state index contributed by atoms with van der Waals surface area (Å²) in [5.74, 6) is 13.7. The average Bonchev–Trinajstić information content (AvgIpc) is 3.80. The van der Waals surface area contributed by atoms with Gasteiger partial charge in [0.05, 0.1) is 5.52 Å². The van der Waals surface area contributed by atoms with Gasteiger partial charge in [-0.15, -0.1) is 11.3 Å². The summed E-state index contributed by atoms with van der Waals surface area (Å²) in [5.41, 5.74) is 9.36. The maximum atomic E-state index is 3.78. The van der Waals surface area contributed by atoms with Gasteiger partial charge in [0.15, 0.2) is 0 Å². The first-order valence-electron chi connectivity index (χ1n) is 21.2. The van der Waals surface area contributed by atoms with E-state index in [0.717, 1.165) is 40.6 Å². The van der Waals surface area contributed by atoms with Crippen LogP contribution in [0.25, 0.3) is 52.8 Å². The van der Waals surface area contributed by atoms with Crippen molar-refractivity contribution in [3.63, 3.8) is 0 Å². The first-order chi connectivity index (χ1) is 27.7. The molecule has 0 aliphatic heterocycles. The Bertz CT molecular complexity index is 2530. The lowest BCUT2D eigenvalue weighted by Crippen LogP contribution is -1.87. The minimum atomic E-state index is 1.02. The van der Waals surface area contributed by atoms with E-state index in [0.29, 0.717) is 0 Å². The minimum absolute atomic E-state index is 1.02. The van der Waals surface area contributed by atoms with Crippen LogP contribution in [-0.4, -0.2) is 4.98 Å². The molecule has 0 atom stereocenters. The standard InChI is InChI=1S/C54H53NS/c1-3-5-7-9-11-13-15-39-17-21-41(22-18-39)25-27-43-29-31-45-47-33-36-50-48(53(47)55-51(45)37-43)34-35-49-46-32-30-44(38-52(46)56-54(49)50)28-26-42-23-19-40(20-24-42)16-14-12-10-8-6-4-2/h17-24,29-38,55H,3-16H2,1-2H3. The molecule has 0 aliphatic carbocycles. The van der Waals surface area contributed by atoms with Crippen LogP contribution in [0.5, 0.6) is 0 Å². The number of H-pyrrole nitrogens is 1.